The van der Waals surface area contributed by atoms with Gasteiger partial charge in [-0.2, -0.15) is 0 Å². The molecule has 1 aromatic carbocycles. The van der Waals surface area contributed by atoms with E-state index in [1.807, 2.05) is 50.7 Å². The van der Waals surface area contributed by atoms with Crippen LogP contribution in [0.25, 0.3) is 0 Å². The monoisotopic (exact) mass is 350 g/mol. The van der Waals surface area contributed by atoms with Crippen molar-refractivity contribution in [2.75, 3.05) is 26.7 Å². The number of hydrogen-bond acceptors (Lipinski definition) is 3. The maximum atomic E-state index is 12.0. The van der Waals surface area contributed by atoms with E-state index in [0.717, 1.165) is 6.54 Å². The van der Waals surface area contributed by atoms with Crippen LogP contribution in [-0.2, 0) is 4.79 Å². The van der Waals surface area contributed by atoms with Gasteiger partial charge in [0.15, 0.2) is 5.96 Å². The Morgan fingerprint density at radius 1 is 1.21 bits per heavy atom. The lowest BCUT2D eigenvalue weighted by atomic mass is 9.92. The molecule has 3 N–H and O–H groups in total. The van der Waals surface area contributed by atoms with Crippen LogP contribution < -0.4 is 16.0 Å². The smallest absolute Gasteiger partial charge is 0.227 e. The summed E-state index contributed by atoms with van der Waals surface area (Å²) >= 11 is 1.82. The van der Waals surface area contributed by atoms with Gasteiger partial charge in [0.2, 0.25) is 5.91 Å². The van der Waals surface area contributed by atoms with Crippen LogP contribution >= 0.6 is 11.8 Å². The lowest BCUT2D eigenvalue weighted by Gasteiger charge is -2.25. The number of carbonyl (C=O) groups excluding carboxylic acids is 1. The van der Waals surface area contributed by atoms with Gasteiger partial charge in [-0.25, -0.2) is 0 Å². The van der Waals surface area contributed by atoms with Crippen LogP contribution in [-0.4, -0.2) is 43.8 Å². The molecule has 5 nitrogen and oxygen atoms in total. The molecule has 6 heteroatoms. The molecule has 0 fully saturated rings. The molecular weight excluding hydrogens is 320 g/mol. The second kappa shape index (κ2) is 10.2. The zero-order valence-corrected chi connectivity index (χ0v) is 16.2. The molecule has 0 heterocycles. The number of thioether (sulfide) groups is 1. The molecule has 1 aromatic rings. The summed E-state index contributed by atoms with van der Waals surface area (Å²) in [7, 11) is 1.74. The highest BCUT2D eigenvalue weighted by molar-refractivity contribution is 8.00. The second-order valence-electron chi connectivity index (χ2n) is 6.29. The van der Waals surface area contributed by atoms with Crippen LogP contribution in [0.5, 0.6) is 0 Å². The summed E-state index contributed by atoms with van der Waals surface area (Å²) in [5.41, 5.74) is -0.488. The van der Waals surface area contributed by atoms with E-state index in [4.69, 9.17) is 0 Å². The number of nitrogens with one attached hydrogen (secondary N) is 3. The number of guanidine groups is 1. The molecule has 0 spiro atoms. The number of benzene rings is 1. The fourth-order valence-corrected chi connectivity index (χ4v) is 2.96. The van der Waals surface area contributed by atoms with Gasteiger partial charge in [-0.05, 0) is 32.9 Å². The van der Waals surface area contributed by atoms with Crippen LogP contribution in [0.15, 0.2) is 40.2 Å². The highest BCUT2D eigenvalue weighted by Crippen LogP contribution is 2.21. The van der Waals surface area contributed by atoms with Crippen molar-refractivity contribution in [1.82, 2.24) is 16.0 Å². The van der Waals surface area contributed by atoms with Gasteiger partial charge in [-0.3, -0.25) is 9.79 Å². The van der Waals surface area contributed by atoms with E-state index >= 15 is 0 Å². The first-order valence-electron chi connectivity index (χ1n) is 8.33. The van der Waals surface area contributed by atoms with E-state index in [1.54, 1.807) is 7.05 Å². The molecule has 134 valence electrons. The SMILES string of the molecule is CCNC(=O)C(C)(C)CNC(=NC)NCC(C)Sc1ccccc1. The number of aliphatic imine (C=N–C) groups is 1. The fourth-order valence-electron chi connectivity index (χ4n) is 2.02. The summed E-state index contributed by atoms with van der Waals surface area (Å²) in [5, 5.41) is 9.82. The van der Waals surface area contributed by atoms with E-state index in [0.29, 0.717) is 24.3 Å². The summed E-state index contributed by atoms with van der Waals surface area (Å²) in [6, 6.07) is 10.3. The summed E-state index contributed by atoms with van der Waals surface area (Å²) < 4.78 is 0. The van der Waals surface area contributed by atoms with E-state index in [2.05, 4.69) is 40.0 Å². The zero-order chi connectivity index (χ0) is 18.0. The van der Waals surface area contributed by atoms with Gasteiger partial charge in [0.05, 0.1) is 5.41 Å². The van der Waals surface area contributed by atoms with E-state index in [-0.39, 0.29) is 5.91 Å². The van der Waals surface area contributed by atoms with Crippen molar-refractivity contribution in [3.63, 3.8) is 0 Å². The van der Waals surface area contributed by atoms with Crippen molar-refractivity contribution in [3.8, 4) is 0 Å². The number of amides is 1. The molecule has 1 amide bonds. The normalized spacial score (nSPS) is 13.3. The average Bonchev–Trinajstić information content (AvgIpc) is 2.56. The van der Waals surface area contributed by atoms with Crippen molar-refractivity contribution in [2.24, 2.45) is 10.4 Å². The van der Waals surface area contributed by atoms with Crippen LogP contribution in [0.2, 0.25) is 0 Å². The summed E-state index contributed by atoms with van der Waals surface area (Å²) in [6.07, 6.45) is 0. The van der Waals surface area contributed by atoms with Gasteiger partial charge < -0.3 is 16.0 Å². The quantitative estimate of drug-likeness (QED) is 0.383. The van der Waals surface area contributed by atoms with E-state index in [1.165, 1.54) is 4.90 Å². The molecule has 0 saturated carbocycles. The van der Waals surface area contributed by atoms with Crippen molar-refractivity contribution in [3.05, 3.63) is 30.3 Å². The Labute approximate surface area is 150 Å². The Hall–Kier alpha value is -1.69. The molecule has 24 heavy (non-hydrogen) atoms. The highest BCUT2D eigenvalue weighted by Gasteiger charge is 2.27. The molecule has 1 atom stereocenters. The van der Waals surface area contributed by atoms with E-state index in [9.17, 15) is 4.79 Å². The number of rotatable bonds is 8. The van der Waals surface area contributed by atoms with Crippen LogP contribution in [0.1, 0.15) is 27.7 Å². The standard InChI is InChI=1S/C18H30N4OS/c1-6-20-16(23)18(3,4)13-22-17(19-5)21-12-14(2)24-15-10-8-7-9-11-15/h7-11,14H,6,12-13H2,1-5H3,(H,20,23)(H2,19,21,22). The summed E-state index contributed by atoms with van der Waals surface area (Å²) in [4.78, 5) is 17.5. The number of hydrogen-bond donors (Lipinski definition) is 3. The summed E-state index contributed by atoms with van der Waals surface area (Å²) in [5.74, 6) is 0.758. The van der Waals surface area contributed by atoms with Crippen molar-refractivity contribution in [2.45, 2.75) is 37.8 Å². The van der Waals surface area contributed by atoms with Crippen molar-refractivity contribution < 1.29 is 4.79 Å². The minimum atomic E-state index is -0.488. The lowest BCUT2D eigenvalue weighted by Crippen LogP contribution is -2.48. The van der Waals surface area contributed by atoms with E-state index < -0.39 is 5.41 Å². The lowest BCUT2D eigenvalue weighted by molar-refractivity contribution is -0.128. The average molecular weight is 351 g/mol. The molecule has 0 bridgehead atoms. The van der Waals surface area contributed by atoms with Gasteiger partial charge in [-0.15, -0.1) is 11.8 Å². The highest BCUT2D eigenvalue weighted by atomic mass is 32.2. The first kappa shape index (κ1) is 20.4. The predicted molar refractivity (Wildman–Crippen MR) is 104 cm³/mol. The van der Waals surface area contributed by atoms with Crippen LogP contribution in [0.4, 0.5) is 0 Å². The molecule has 0 aliphatic rings. The van der Waals surface area contributed by atoms with Crippen molar-refractivity contribution in [1.29, 1.82) is 0 Å². The Morgan fingerprint density at radius 2 is 1.88 bits per heavy atom. The van der Waals surface area contributed by atoms with Gasteiger partial charge >= 0.3 is 0 Å². The third-order valence-electron chi connectivity index (χ3n) is 3.51. The molecule has 0 aliphatic heterocycles. The maximum Gasteiger partial charge on any atom is 0.227 e. The second-order valence-corrected chi connectivity index (χ2v) is 7.80. The van der Waals surface area contributed by atoms with Crippen LogP contribution in [0, 0.1) is 5.41 Å². The fraction of sp³-hybridized carbons (Fsp3) is 0.556. The largest absolute Gasteiger partial charge is 0.356 e. The Morgan fingerprint density at radius 3 is 2.46 bits per heavy atom. The number of carbonyl (C=O) groups is 1. The topological polar surface area (TPSA) is 65.5 Å². The summed E-state index contributed by atoms with van der Waals surface area (Å²) in [6.45, 7) is 9.91. The first-order chi connectivity index (χ1) is 11.4. The minimum absolute atomic E-state index is 0.0426. The van der Waals surface area contributed by atoms with Crippen molar-refractivity contribution >= 4 is 23.6 Å². The molecule has 0 aromatic heterocycles. The Kier molecular flexibility index (Phi) is 8.68. The Bertz CT molecular complexity index is 531. The molecule has 0 saturated heterocycles. The van der Waals surface area contributed by atoms with Gasteiger partial charge in [0.1, 0.15) is 0 Å². The third-order valence-corrected chi connectivity index (χ3v) is 4.62. The van der Waals surface area contributed by atoms with Gasteiger partial charge in [0.25, 0.3) is 0 Å². The maximum absolute atomic E-state index is 12.0. The molecular formula is C18H30N4OS. The van der Waals surface area contributed by atoms with Crippen LogP contribution in [0.3, 0.4) is 0 Å². The minimum Gasteiger partial charge on any atom is -0.356 e. The first-order valence-corrected chi connectivity index (χ1v) is 9.21. The number of nitrogens with zero attached hydrogens (tertiary/aromatic N) is 1. The molecule has 1 rings (SSSR count). The third kappa shape index (κ3) is 7.25. The van der Waals surface area contributed by atoms with Gasteiger partial charge in [0, 0.05) is 36.8 Å². The Balaban J connectivity index is 2.41. The molecule has 1 unspecified atom stereocenters. The predicted octanol–water partition coefficient (Wildman–Crippen LogP) is 2.49. The van der Waals surface area contributed by atoms with Gasteiger partial charge in [-0.1, -0.05) is 25.1 Å². The zero-order valence-electron chi connectivity index (χ0n) is 15.3. The molecule has 0 radical (unpaired) electrons. The molecule has 0 aliphatic carbocycles.